The molecule has 0 aliphatic carbocycles. The summed E-state index contributed by atoms with van der Waals surface area (Å²) in [4.78, 5) is 20.3. The molecule has 0 bridgehead atoms. The number of amides is 1. The zero-order valence-electron chi connectivity index (χ0n) is 20.6. The van der Waals surface area contributed by atoms with Gasteiger partial charge in [-0.05, 0) is 19.2 Å². The van der Waals surface area contributed by atoms with E-state index >= 15 is 0 Å². The zero-order valence-corrected chi connectivity index (χ0v) is 15.4. The number of ether oxygens (including phenoxy) is 2. The number of fused-ring (bicyclic) bond motifs is 2. The third kappa shape index (κ3) is 3.21. The summed E-state index contributed by atoms with van der Waals surface area (Å²) in [6.07, 6.45) is 3.44. The summed E-state index contributed by atoms with van der Waals surface area (Å²) in [6, 6.07) is 3.15. The third-order valence-corrected chi connectivity index (χ3v) is 4.65. The van der Waals surface area contributed by atoms with Gasteiger partial charge in [0.15, 0.2) is 11.5 Å². The fourth-order valence-electron chi connectivity index (χ4n) is 2.91. The summed E-state index contributed by atoms with van der Waals surface area (Å²) < 4.78 is 59.3. The van der Waals surface area contributed by atoms with Crippen molar-refractivity contribution < 1.29 is 22.5 Å². The van der Waals surface area contributed by atoms with Crippen molar-refractivity contribution in [2.24, 2.45) is 6.98 Å². The predicted molar refractivity (Wildman–Crippen MR) is 106 cm³/mol. The quantitative estimate of drug-likeness (QED) is 0.690. The fourth-order valence-corrected chi connectivity index (χ4v) is 3.32. The van der Waals surface area contributed by atoms with E-state index < -0.39 is 19.9 Å². The molecule has 8 heteroatoms. The first-order valence-electron chi connectivity index (χ1n) is 11.1. The molecule has 1 aliphatic rings. The van der Waals surface area contributed by atoms with E-state index in [4.69, 9.17) is 17.7 Å². The molecule has 3 aromatic heterocycles. The largest absolute Gasteiger partial charge is 0.484 e. The van der Waals surface area contributed by atoms with Crippen molar-refractivity contribution in [2.45, 2.75) is 24.9 Å². The minimum Gasteiger partial charge on any atom is -0.484 e. The fraction of sp³-hybridized carbons (Fsp3) is 0.316. The molecule has 140 valence electrons. The van der Waals surface area contributed by atoms with Crippen LogP contribution >= 0.6 is 11.8 Å². The Labute approximate surface area is 169 Å². The maximum atomic E-state index is 11.5. The van der Waals surface area contributed by atoms with Crippen molar-refractivity contribution >= 4 is 34.4 Å². The van der Waals surface area contributed by atoms with Gasteiger partial charge in [-0.3, -0.25) is 4.79 Å². The normalized spacial score (nSPS) is 20.0. The molecule has 1 N–H and O–H groups in total. The number of thioether (sulfide) groups is 1. The molecule has 4 rings (SSSR count). The Hall–Kier alpha value is -2.74. The summed E-state index contributed by atoms with van der Waals surface area (Å²) in [6.45, 7) is -3.76. The molecule has 4 heterocycles. The molecule has 3 aromatic rings. The van der Waals surface area contributed by atoms with Gasteiger partial charge in [0.1, 0.15) is 29.2 Å². The number of aromatic nitrogens is 3. The second-order valence-corrected chi connectivity index (χ2v) is 6.77. The highest BCUT2D eigenvalue weighted by molar-refractivity contribution is 7.98. The summed E-state index contributed by atoms with van der Waals surface area (Å²) >= 11 is 1.31. The standard InChI is InChI=1S/C19H20N4O3S/c1-10-9-25-19-15(26-10)6-17(27-4)22-18(19)13-8-23(3)14-7-20-16(5-12(13)14)21-11(2)24/h5-8,10H,9H2,1-4H3,(H,20,21,24)/i1D3,3D3. The minimum absolute atomic E-state index is 0.211. The van der Waals surface area contributed by atoms with Crippen molar-refractivity contribution in [1.29, 1.82) is 0 Å². The predicted octanol–water partition coefficient (Wildman–Crippen LogP) is 3.48. The number of rotatable bonds is 3. The lowest BCUT2D eigenvalue weighted by atomic mass is 10.1. The first-order valence-corrected chi connectivity index (χ1v) is 9.29. The molecule has 0 aromatic carbocycles. The number of nitrogens with one attached hydrogen (secondary N) is 1. The number of hydrogen-bond donors (Lipinski definition) is 1. The molecular formula is C19H20N4O3S. The van der Waals surface area contributed by atoms with E-state index in [9.17, 15) is 4.79 Å². The molecule has 0 saturated heterocycles. The Balaban J connectivity index is 1.96. The minimum atomic E-state index is -2.51. The average molecular weight is 390 g/mol. The van der Waals surface area contributed by atoms with Crippen molar-refractivity contribution in [1.82, 2.24) is 14.5 Å². The molecule has 1 unspecified atom stereocenters. The van der Waals surface area contributed by atoms with Crippen LogP contribution in [0.15, 0.2) is 29.6 Å². The number of carbonyl (C=O) groups is 1. The van der Waals surface area contributed by atoms with Crippen LogP contribution in [0.25, 0.3) is 22.2 Å². The van der Waals surface area contributed by atoms with Gasteiger partial charge in [-0.1, -0.05) is 0 Å². The summed E-state index contributed by atoms with van der Waals surface area (Å²) in [5.41, 5.74) is 1.02. The number of aryl methyl sites for hydroxylation is 1. The molecule has 0 fully saturated rings. The van der Waals surface area contributed by atoms with Crippen LogP contribution in [0.4, 0.5) is 5.82 Å². The van der Waals surface area contributed by atoms with Crippen LogP contribution in [-0.2, 0) is 11.8 Å². The molecule has 1 amide bonds. The highest BCUT2D eigenvalue weighted by Gasteiger charge is 2.25. The van der Waals surface area contributed by atoms with Crippen molar-refractivity contribution in [2.75, 3.05) is 18.2 Å². The summed E-state index contributed by atoms with van der Waals surface area (Å²) in [7, 11) is 0. The number of nitrogens with zero attached hydrogens (tertiary/aromatic N) is 3. The second kappa shape index (κ2) is 6.77. The van der Waals surface area contributed by atoms with E-state index in [1.165, 1.54) is 31.1 Å². The second-order valence-electron chi connectivity index (χ2n) is 5.94. The van der Waals surface area contributed by atoms with E-state index in [0.29, 0.717) is 27.2 Å². The van der Waals surface area contributed by atoms with Crippen LogP contribution < -0.4 is 14.8 Å². The number of anilines is 1. The van der Waals surface area contributed by atoms with E-state index in [1.807, 2.05) is 0 Å². The number of pyridine rings is 2. The van der Waals surface area contributed by atoms with E-state index in [2.05, 4.69) is 15.3 Å². The lowest BCUT2D eigenvalue weighted by molar-refractivity contribution is -0.114. The van der Waals surface area contributed by atoms with Crippen LogP contribution in [0.1, 0.15) is 22.0 Å². The Morgan fingerprint density at radius 3 is 3.11 bits per heavy atom. The Kier molecular flexibility index (Phi) is 2.98. The van der Waals surface area contributed by atoms with Gasteiger partial charge in [0.25, 0.3) is 0 Å². The Morgan fingerprint density at radius 1 is 1.48 bits per heavy atom. The van der Waals surface area contributed by atoms with Crippen molar-refractivity contribution in [3.05, 3.63) is 24.5 Å². The molecule has 0 saturated carbocycles. The van der Waals surface area contributed by atoms with Gasteiger partial charge in [0.05, 0.1) is 11.7 Å². The third-order valence-electron chi connectivity index (χ3n) is 4.02. The Morgan fingerprint density at radius 2 is 2.37 bits per heavy atom. The molecule has 1 aliphatic heterocycles. The van der Waals surface area contributed by atoms with E-state index in [-0.39, 0.29) is 29.8 Å². The average Bonchev–Trinajstić information content (AvgIpc) is 3.10. The highest BCUT2D eigenvalue weighted by Crippen LogP contribution is 2.44. The van der Waals surface area contributed by atoms with Gasteiger partial charge in [-0.2, -0.15) is 0 Å². The lowest BCUT2D eigenvalue weighted by Crippen LogP contribution is -2.26. The van der Waals surface area contributed by atoms with E-state index in [1.54, 1.807) is 18.4 Å². The Bertz CT molecular complexity index is 1240. The van der Waals surface area contributed by atoms with Crippen LogP contribution in [0.3, 0.4) is 0 Å². The highest BCUT2D eigenvalue weighted by atomic mass is 32.2. The van der Waals surface area contributed by atoms with Crippen LogP contribution in [0.2, 0.25) is 0 Å². The monoisotopic (exact) mass is 390 g/mol. The number of carbonyl (C=O) groups excluding carboxylic acids is 1. The SMILES string of the molecule is [2H]C([2H])([2H])C1COc2c(cc(SC)nc2-c2cn(C([2H])([2H])[2H])c3cnc(NC(C)=O)cc23)O1. The van der Waals surface area contributed by atoms with Crippen LogP contribution in [-0.4, -0.2) is 39.4 Å². The maximum Gasteiger partial charge on any atom is 0.222 e. The van der Waals surface area contributed by atoms with Crippen molar-refractivity contribution in [3.8, 4) is 22.8 Å². The zero-order chi connectivity index (χ0) is 24.1. The summed E-state index contributed by atoms with van der Waals surface area (Å²) in [5, 5.41) is 3.59. The smallest absolute Gasteiger partial charge is 0.222 e. The lowest BCUT2D eigenvalue weighted by Gasteiger charge is -2.25. The molecule has 0 spiro atoms. The first kappa shape index (κ1) is 11.9. The number of hydrogen-bond acceptors (Lipinski definition) is 6. The van der Waals surface area contributed by atoms with Crippen LogP contribution in [0.5, 0.6) is 11.5 Å². The van der Waals surface area contributed by atoms with E-state index in [0.717, 1.165) is 4.57 Å². The summed E-state index contributed by atoms with van der Waals surface area (Å²) in [5.74, 6) is 0.346. The van der Waals surface area contributed by atoms with Gasteiger partial charge in [0.2, 0.25) is 5.91 Å². The molecule has 1 atom stereocenters. The topological polar surface area (TPSA) is 78.3 Å². The molecule has 27 heavy (non-hydrogen) atoms. The first-order chi connectivity index (χ1) is 15.4. The van der Waals surface area contributed by atoms with Crippen LogP contribution in [0, 0.1) is 0 Å². The van der Waals surface area contributed by atoms with Gasteiger partial charge < -0.3 is 19.4 Å². The molecular weight excluding hydrogens is 364 g/mol. The molecule has 7 nitrogen and oxygen atoms in total. The van der Waals surface area contributed by atoms with Gasteiger partial charge in [-0.15, -0.1) is 11.8 Å². The van der Waals surface area contributed by atoms with Gasteiger partial charge >= 0.3 is 0 Å². The maximum absolute atomic E-state index is 11.5. The van der Waals surface area contributed by atoms with Crippen molar-refractivity contribution in [3.63, 3.8) is 0 Å². The van der Waals surface area contributed by atoms with Gasteiger partial charge in [0, 0.05) is 45.3 Å². The molecule has 0 radical (unpaired) electrons. The van der Waals surface area contributed by atoms with Gasteiger partial charge in [-0.25, -0.2) is 9.97 Å².